The minimum Gasteiger partial charge on any atom is -0.469 e. The van der Waals surface area contributed by atoms with Crippen LogP contribution >= 0.6 is 7.60 Å². The fraction of sp³-hybridized carbons (Fsp3) is 0.963. The first-order valence-electron chi connectivity index (χ1n) is 13.4. The van der Waals surface area contributed by atoms with E-state index in [9.17, 15) is 9.36 Å². The molecule has 0 bridgehead atoms. The second-order valence-corrected chi connectivity index (χ2v) is 13.4. The number of rotatable bonds is 20. The Morgan fingerprint density at radius 1 is 0.576 bits per heavy atom. The van der Waals surface area contributed by atoms with Gasteiger partial charge < -0.3 is 13.8 Å². The molecule has 0 rings (SSSR count). The second-order valence-electron chi connectivity index (χ2n) is 11.4. The summed E-state index contributed by atoms with van der Waals surface area (Å²) in [7, 11) is -1.62. The molecule has 6 heteroatoms. The Labute approximate surface area is 205 Å². The Morgan fingerprint density at radius 3 is 1.18 bits per heavy atom. The molecule has 0 saturated heterocycles. The monoisotopic (exact) mass is 490 g/mol. The summed E-state index contributed by atoms with van der Waals surface area (Å²) in [5, 5.41) is 0. The lowest BCUT2D eigenvalue weighted by atomic mass is 10.0. The number of unbranched alkanes of at least 4 members (excludes halogenated alkanes) is 14. The van der Waals surface area contributed by atoms with Crippen LogP contribution in [-0.2, 0) is 23.1 Å². The summed E-state index contributed by atoms with van der Waals surface area (Å²) < 4.78 is 29.5. The van der Waals surface area contributed by atoms with E-state index in [0.29, 0.717) is 12.6 Å². The summed E-state index contributed by atoms with van der Waals surface area (Å²) >= 11 is 0. The van der Waals surface area contributed by atoms with Crippen molar-refractivity contribution in [1.29, 1.82) is 0 Å². The van der Waals surface area contributed by atoms with Crippen molar-refractivity contribution in [1.82, 2.24) is 0 Å². The van der Waals surface area contributed by atoms with Crippen LogP contribution in [0.2, 0.25) is 0 Å². The number of ether oxygens (including phenoxy) is 1. The van der Waals surface area contributed by atoms with Gasteiger partial charge in [-0.3, -0.25) is 9.36 Å². The molecule has 33 heavy (non-hydrogen) atoms. The number of methoxy groups -OCH3 is 1. The predicted molar refractivity (Wildman–Crippen MR) is 140 cm³/mol. The SMILES string of the molecule is COC(=O)CCCCCCCCCCCCCCCCCP(=O)(OC(C)(C)C)OC(C)(C)C. The molecule has 0 saturated carbocycles. The Balaban J connectivity index is 3.61. The number of hydrogen-bond acceptors (Lipinski definition) is 5. The molecule has 0 unspecified atom stereocenters. The third-order valence-electron chi connectivity index (χ3n) is 5.37. The van der Waals surface area contributed by atoms with Gasteiger partial charge in [0.1, 0.15) is 0 Å². The topological polar surface area (TPSA) is 61.8 Å². The molecule has 0 aliphatic rings. The van der Waals surface area contributed by atoms with Gasteiger partial charge in [-0.2, -0.15) is 0 Å². The Kier molecular flexibility index (Phi) is 17.8. The summed E-state index contributed by atoms with van der Waals surface area (Å²) in [6.07, 6.45) is 19.4. The summed E-state index contributed by atoms with van der Waals surface area (Å²) in [6, 6.07) is 0. The third-order valence-corrected chi connectivity index (χ3v) is 7.88. The van der Waals surface area contributed by atoms with E-state index < -0.39 is 18.8 Å². The minimum atomic E-state index is -3.07. The molecule has 0 spiro atoms. The minimum absolute atomic E-state index is 0.0859. The normalized spacial score (nSPS) is 12.8. The molecule has 0 heterocycles. The third kappa shape index (κ3) is 23.1. The zero-order chi connectivity index (χ0) is 25.2. The molecule has 0 amide bonds. The maximum absolute atomic E-state index is 13.2. The van der Waals surface area contributed by atoms with E-state index in [1.54, 1.807) is 0 Å². The van der Waals surface area contributed by atoms with Gasteiger partial charge in [0, 0.05) is 6.42 Å². The number of hydrogen-bond donors (Lipinski definition) is 0. The molecule has 0 atom stereocenters. The maximum atomic E-state index is 13.2. The fourth-order valence-electron chi connectivity index (χ4n) is 3.92. The van der Waals surface area contributed by atoms with Crippen molar-refractivity contribution in [3.05, 3.63) is 0 Å². The lowest BCUT2D eigenvalue weighted by Crippen LogP contribution is -2.24. The van der Waals surface area contributed by atoms with Crippen LogP contribution < -0.4 is 0 Å². The quantitative estimate of drug-likeness (QED) is 0.0966. The van der Waals surface area contributed by atoms with Gasteiger partial charge in [-0.25, -0.2) is 0 Å². The van der Waals surface area contributed by atoms with Gasteiger partial charge in [0.15, 0.2) is 0 Å². The van der Waals surface area contributed by atoms with Crippen molar-refractivity contribution in [2.24, 2.45) is 0 Å². The molecular formula is C27H55O5P. The van der Waals surface area contributed by atoms with Crippen LogP contribution in [0.1, 0.15) is 144 Å². The lowest BCUT2D eigenvalue weighted by Gasteiger charge is -2.32. The van der Waals surface area contributed by atoms with Crippen LogP contribution in [0.4, 0.5) is 0 Å². The van der Waals surface area contributed by atoms with Gasteiger partial charge in [-0.15, -0.1) is 0 Å². The fourth-order valence-corrected chi connectivity index (χ4v) is 6.42. The van der Waals surface area contributed by atoms with Crippen molar-refractivity contribution < 1.29 is 23.1 Å². The van der Waals surface area contributed by atoms with Gasteiger partial charge in [0.2, 0.25) is 0 Å². The molecule has 0 aliphatic heterocycles. The molecular weight excluding hydrogens is 435 g/mol. The van der Waals surface area contributed by atoms with Crippen LogP contribution in [-0.4, -0.2) is 30.4 Å². The van der Waals surface area contributed by atoms with E-state index in [-0.39, 0.29) is 5.97 Å². The largest absolute Gasteiger partial charge is 0.469 e. The number of esters is 1. The molecule has 198 valence electrons. The first-order chi connectivity index (χ1) is 15.4. The molecule has 0 aromatic carbocycles. The van der Waals surface area contributed by atoms with Crippen molar-refractivity contribution in [2.45, 2.75) is 155 Å². The van der Waals surface area contributed by atoms with Crippen LogP contribution in [0.15, 0.2) is 0 Å². The van der Waals surface area contributed by atoms with Crippen molar-refractivity contribution in [3.8, 4) is 0 Å². The van der Waals surface area contributed by atoms with E-state index in [1.165, 1.54) is 77.7 Å². The Hall–Kier alpha value is -0.380. The van der Waals surface area contributed by atoms with Crippen LogP contribution in [0.5, 0.6) is 0 Å². The van der Waals surface area contributed by atoms with E-state index in [2.05, 4.69) is 4.74 Å². The average molecular weight is 491 g/mol. The van der Waals surface area contributed by atoms with E-state index in [4.69, 9.17) is 9.05 Å². The van der Waals surface area contributed by atoms with Gasteiger partial charge in [-0.05, 0) is 54.4 Å². The van der Waals surface area contributed by atoms with Gasteiger partial charge in [-0.1, -0.05) is 83.5 Å². The molecule has 0 aliphatic carbocycles. The smallest absolute Gasteiger partial charge is 0.331 e. The van der Waals surface area contributed by atoms with Gasteiger partial charge >= 0.3 is 13.6 Å². The summed E-state index contributed by atoms with van der Waals surface area (Å²) in [5.41, 5.74) is -0.932. The highest BCUT2D eigenvalue weighted by Gasteiger charge is 2.34. The first kappa shape index (κ1) is 32.6. The highest BCUT2D eigenvalue weighted by Crippen LogP contribution is 2.55. The lowest BCUT2D eigenvalue weighted by molar-refractivity contribution is -0.140. The van der Waals surface area contributed by atoms with Gasteiger partial charge in [0.05, 0.1) is 24.5 Å². The van der Waals surface area contributed by atoms with Crippen molar-refractivity contribution in [3.63, 3.8) is 0 Å². The summed E-state index contributed by atoms with van der Waals surface area (Å²) in [5.74, 6) is -0.0859. The second kappa shape index (κ2) is 18.0. The van der Waals surface area contributed by atoms with Crippen LogP contribution in [0.25, 0.3) is 0 Å². The summed E-state index contributed by atoms with van der Waals surface area (Å²) in [4.78, 5) is 11.0. The Morgan fingerprint density at radius 2 is 0.879 bits per heavy atom. The number of carbonyl (C=O) groups is 1. The van der Waals surface area contributed by atoms with Crippen LogP contribution in [0, 0.1) is 0 Å². The van der Waals surface area contributed by atoms with Crippen LogP contribution in [0.3, 0.4) is 0 Å². The first-order valence-corrected chi connectivity index (χ1v) is 15.2. The van der Waals surface area contributed by atoms with Gasteiger partial charge in [0.25, 0.3) is 0 Å². The Bertz CT molecular complexity index is 514. The molecule has 0 radical (unpaired) electrons. The standard InChI is InChI=1S/C27H55O5P/c1-26(2,3)31-33(29,32-27(4,5)6)24-22-20-18-16-14-12-10-8-9-11-13-15-17-19-21-23-25(28)30-7/h8-24H2,1-7H3. The zero-order valence-electron chi connectivity index (χ0n) is 23.0. The van der Waals surface area contributed by atoms with E-state index in [1.807, 2.05) is 41.5 Å². The maximum Gasteiger partial charge on any atom is 0.331 e. The molecule has 0 N–H and O–H groups in total. The molecule has 0 aromatic heterocycles. The van der Waals surface area contributed by atoms with E-state index in [0.717, 1.165) is 25.7 Å². The molecule has 0 fully saturated rings. The van der Waals surface area contributed by atoms with Crippen molar-refractivity contribution >= 4 is 13.6 Å². The molecule has 0 aromatic rings. The highest BCUT2D eigenvalue weighted by atomic mass is 31.2. The predicted octanol–water partition coefficient (Wildman–Crippen LogP) is 9.22. The van der Waals surface area contributed by atoms with E-state index >= 15 is 0 Å². The highest BCUT2D eigenvalue weighted by molar-refractivity contribution is 7.53. The average Bonchev–Trinajstić information content (AvgIpc) is 2.67. The number of carbonyl (C=O) groups excluding carboxylic acids is 1. The zero-order valence-corrected chi connectivity index (χ0v) is 23.9. The van der Waals surface area contributed by atoms with Crippen molar-refractivity contribution in [2.75, 3.05) is 13.3 Å². The summed E-state index contributed by atoms with van der Waals surface area (Å²) in [6.45, 7) is 11.6. The molecule has 5 nitrogen and oxygen atoms in total.